The lowest BCUT2D eigenvalue weighted by molar-refractivity contribution is 0.588. The van der Waals surface area contributed by atoms with Gasteiger partial charge in [-0.1, -0.05) is 25.5 Å². The number of unbranched alkanes of at least 4 members (excludes halogenated alkanes) is 1. The smallest absolute Gasteiger partial charge is 0.242 e. The van der Waals surface area contributed by atoms with Crippen molar-refractivity contribution in [3.63, 3.8) is 0 Å². The summed E-state index contributed by atoms with van der Waals surface area (Å²) >= 11 is 0. The lowest BCUT2D eigenvalue weighted by Crippen LogP contribution is -2.20. The highest BCUT2D eigenvalue weighted by Gasteiger charge is 2.15. The second-order valence-corrected chi connectivity index (χ2v) is 5.34. The number of sulfonamides is 1. The number of hydrogen-bond donors (Lipinski definition) is 2. The Morgan fingerprint density at radius 3 is 2.56 bits per heavy atom. The van der Waals surface area contributed by atoms with Crippen molar-refractivity contribution in [2.24, 2.45) is 0 Å². The molecule has 16 heavy (non-hydrogen) atoms. The Kier molecular flexibility index (Phi) is 4.76. The Balaban J connectivity index is 2.92. The summed E-state index contributed by atoms with van der Waals surface area (Å²) in [6.45, 7) is 2.88. The van der Waals surface area contributed by atoms with Crippen LogP contribution in [0.3, 0.4) is 0 Å². The Morgan fingerprint density at radius 1 is 1.25 bits per heavy atom. The lowest BCUT2D eigenvalue weighted by Gasteiger charge is -2.11. The predicted octanol–water partition coefficient (Wildman–Crippen LogP) is 1.81. The zero-order chi connectivity index (χ0) is 12.0. The SMILES string of the molecule is CCCCNc1ccccc1S(=O)(=O)NC. The van der Waals surface area contributed by atoms with E-state index in [9.17, 15) is 8.42 Å². The summed E-state index contributed by atoms with van der Waals surface area (Å²) in [4.78, 5) is 0.300. The third-order valence-corrected chi connectivity index (χ3v) is 3.76. The number of anilines is 1. The van der Waals surface area contributed by atoms with E-state index in [1.54, 1.807) is 18.2 Å². The maximum Gasteiger partial charge on any atom is 0.242 e. The highest BCUT2D eigenvalue weighted by molar-refractivity contribution is 7.89. The van der Waals surface area contributed by atoms with Crippen molar-refractivity contribution < 1.29 is 8.42 Å². The first-order valence-corrected chi connectivity index (χ1v) is 6.86. The van der Waals surface area contributed by atoms with Gasteiger partial charge in [-0.25, -0.2) is 13.1 Å². The van der Waals surface area contributed by atoms with E-state index >= 15 is 0 Å². The summed E-state index contributed by atoms with van der Waals surface area (Å²) in [5.41, 5.74) is 0.658. The van der Waals surface area contributed by atoms with E-state index < -0.39 is 10.0 Å². The first kappa shape index (κ1) is 13.0. The molecular formula is C11H18N2O2S. The van der Waals surface area contributed by atoms with Gasteiger partial charge in [-0.05, 0) is 25.6 Å². The number of hydrogen-bond acceptors (Lipinski definition) is 3. The molecule has 0 aliphatic rings. The van der Waals surface area contributed by atoms with Crippen LogP contribution in [0.25, 0.3) is 0 Å². The molecule has 0 amide bonds. The average Bonchev–Trinajstić information content (AvgIpc) is 2.30. The topological polar surface area (TPSA) is 58.2 Å². The van der Waals surface area contributed by atoms with Crippen molar-refractivity contribution in [2.75, 3.05) is 18.9 Å². The molecule has 0 aliphatic carbocycles. The van der Waals surface area contributed by atoms with Gasteiger partial charge in [-0.3, -0.25) is 0 Å². The molecule has 5 heteroatoms. The number of nitrogens with one attached hydrogen (secondary N) is 2. The van der Waals surface area contributed by atoms with Gasteiger partial charge in [0, 0.05) is 6.54 Å². The van der Waals surface area contributed by atoms with E-state index in [4.69, 9.17) is 0 Å². The molecule has 0 atom stereocenters. The maximum absolute atomic E-state index is 11.7. The summed E-state index contributed by atoms with van der Waals surface area (Å²) in [7, 11) is -1.96. The number of rotatable bonds is 6. The average molecular weight is 242 g/mol. The van der Waals surface area contributed by atoms with Crippen LogP contribution in [0, 0.1) is 0 Å². The first-order chi connectivity index (χ1) is 7.61. The van der Waals surface area contributed by atoms with Gasteiger partial charge in [0.05, 0.1) is 5.69 Å². The molecule has 0 radical (unpaired) electrons. The van der Waals surface area contributed by atoms with Crippen LogP contribution in [0.4, 0.5) is 5.69 Å². The number of benzene rings is 1. The fourth-order valence-corrected chi connectivity index (χ4v) is 2.26. The van der Waals surface area contributed by atoms with Crippen LogP contribution in [0.1, 0.15) is 19.8 Å². The minimum Gasteiger partial charge on any atom is -0.384 e. The molecule has 0 aliphatic heterocycles. The van der Waals surface area contributed by atoms with E-state index in [2.05, 4.69) is 17.0 Å². The predicted molar refractivity (Wildman–Crippen MR) is 66.1 cm³/mol. The van der Waals surface area contributed by atoms with Gasteiger partial charge in [0.15, 0.2) is 0 Å². The molecule has 0 aromatic heterocycles. The highest BCUT2D eigenvalue weighted by atomic mass is 32.2. The van der Waals surface area contributed by atoms with Crippen molar-refractivity contribution in [2.45, 2.75) is 24.7 Å². The molecule has 0 spiro atoms. The molecule has 0 heterocycles. The van der Waals surface area contributed by atoms with Crippen LogP contribution in [-0.2, 0) is 10.0 Å². The zero-order valence-electron chi connectivity index (χ0n) is 9.66. The normalized spacial score (nSPS) is 11.4. The second-order valence-electron chi connectivity index (χ2n) is 3.48. The van der Waals surface area contributed by atoms with Crippen LogP contribution < -0.4 is 10.0 Å². The van der Waals surface area contributed by atoms with Crippen molar-refractivity contribution in [3.05, 3.63) is 24.3 Å². The minimum absolute atomic E-state index is 0.300. The van der Waals surface area contributed by atoms with Gasteiger partial charge in [-0.2, -0.15) is 0 Å². The summed E-state index contributed by atoms with van der Waals surface area (Å²) < 4.78 is 25.7. The molecule has 1 rings (SSSR count). The molecule has 0 saturated heterocycles. The van der Waals surface area contributed by atoms with E-state index in [1.165, 1.54) is 7.05 Å². The fourth-order valence-electron chi connectivity index (χ4n) is 1.36. The van der Waals surface area contributed by atoms with Gasteiger partial charge >= 0.3 is 0 Å². The van der Waals surface area contributed by atoms with Crippen LogP contribution in [0.15, 0.2) is 29.2 Å². The maximum atomic E-state index is 11.7. The molecule has 2 N–H and O–H groups in total. The Hall–Kier alpha value is -1.07. The molecule has 0 fully saturated rings. The first-order valence-electron chi connectivity index (χ1n) is 5.38. The third kappa shape index (κ3) is 3.21. The molecule has 1 aromatic rings. The molecule has 90 valence electrons. The molecule has 0 bridgehead atoms. The largest absolute Gasteiger partial charge is 0.384 e. The minimum atomic E-state index is -3.38. The van der Waals surface area contributed by atoms with Gasteiger partial charge in [-0.15, -0.1) is 0 Å². The lowest BCUT2D eigenvalue weighted by atomic mass is 10.3. The highest BCUT2D eigenvalue weighted by Crippen LogP contribution is 2.20. The van der Waals surface area contributed by atoms with Gasteiger partial charge in [0.25, 0.3) is 0 Å². The van der Waals surface area contributed by atoms with Crippen LogP contribution in [-0.4, -0.2) is 22.0 Å². The van der Waals surface area contributed by atoms with Crippen LogP contribution in [0.2, 0.25) is 0 Å². The Bertz CT molecular complexity index is 429. The third-order valence-electron chi connectivity index (χ3n) is 2.29. The van der Waals surface area contributed by atoms with Crippen molar-refractivity contribution in [3.8, 4) is 0 Å². The van der Waals surface area contributed by atoms with Crippen LogP contribution >= 0.6 is 0 Å². The molecule has 0 saturated carbocycles. The zero-order valence-corrected chi connectivity index (χ0v) is 10.5. The Labute approximate surface area is 97.1 Å². The van der Waals surface area contributed by atoms with Gasteiger partial charge < -0.3 is 5.32 Å². The molecule has 1 aromatic carbocycles. The molecule has 0 unspecified atom stereocenters. The molecular weight excluding hydrogens is 224 g/mol. The fraction of sp³-hybridized carbons (Fsp3) is 0.455. The quantitative estimate of drug-likeness (QED) is 0.748. The van der Waals surface area contributed by atoms with Crippen molar-refractivity contribution in [1.82, 2.24) is 4.72 Å². The summed E-state index contributed by atoms with van der Waals surface area (Å²) in [6.07, 6.45) is 2.10. The summed E-state index contributed by atoms with van der Waals surface area (Å²) in [5.74, 6) is 0. The van der Waals surface area contributed by atoms with E-state index in [0.717, 1.165) is 19.4 Å². The van der Waals surface area contributed by atoms with Crippen molar-refractivity contribution >= 4 is 15.7 Å². The summed E-state index contributed by atoms with van der Waals surface area (Å²) in [6, 6.07) is 6.91. The second kappa shape index (κ2) is 5.86. The standard InChI is InChI=1S/C11H18N2O2S/c1-3-4-9-13-10-7-5-6-8-11(10)16(14,15)12-2/h5-8,12-13H,3-4,9H2,1-2H3. The van der Waals surface area contributed by atoms with E-state index in [0.29, 0.717) is 10.6 Å². The molecule has 4 nitrogen and oxygen atoms in total. The van der Waals surface area contributed by atoms with Crippen LogP contribution in [0.5, 0.6) is 0 Å². The Morgan fingerprint density at radius 2 is 1.94 bits per heavy atom. The van der Waals surface area contributed by atoms with Crippen molar-refractivity contribution in [1.29, 1.82) is 0 Å². The van der Waals surface area contributed by atoms with Gasteiger partial charge in [0.1, 0.15) is 4.90 Å². The number of para-hydroxylation sites is 1. The van der Waals surface area contributed by atoms with Gasteiger partial charge in [0.2, 0.25) is 10.0 Å². The van der Waals surface area contributed by atoms with E-state index in [1.807, 2.05) is 6.07 Å². The monoisotopic (exact) mass is 242 g/mol. The summed E-state index contributed by atoms with van der Waals surface area (Å²) in [5, 5.41) is 3.14. The van der Waals surface area contributed by atoms with E-state index in [-0.39, 0.29) is 0 Å².